The molecule has 5 heteroatoms. The molecule has 150 valence electrons. The van der Waals surface area contributed by atoms with Crippen LogP contribution in [0.5, 0.6) is 0 Å². The quantitative estimate of drug-likeness (QED) is 0.529. The summed E-state index contributed by atoms with van der Waals surface area (Å²) >= 11 is 0. The van der Waals surface area contributed by atoms with Crippen LogP contribution in [0.25, 0.3) is 11.1 Å². The molecule has 1 aliphatic heterocycles. The molecule has 1 saturated heterocycles. The molecule has 5 nitrogen and oxygen atoms in total. The van der Waals surface area contributed by atoms with Crippen LogP contribution in [-0.2, 0) is 17.6 Å². The molecule has 0 bridgehead atoms. The van der Waals surface area contributed by atoms with E-state index in [0.29, 0.717) is 6.42 Å². The predicted octanol–water partition coefficient (Wildman–Crippen LogP) is 2.36. The Labute approximate surface area is 167 Å². The molecule has 28 heavy (non-hydrogen) atoms. The summed E-state index contributed by atoms with van der Waals surface area (Å²) in [5, 5.41) is 15.1. The first-order valence-electron chi connectivity index (χ1n) is 10.2. The van der Waals surface area contributed by atoms with Crippen molar-refractivity contribution in [1.29, 1.82) is 0 Å². The summed E-state index contributed by atoms with van der Waals surface area (Å²) in [6, 6.07) is 16.7. The molecule has 2 atom stereocenters. The van der Waals surface area contributed by atoms with Gasteiger partial charge in [0.1, 0.15) is 0 Å². The average molecular weight is 382 g/mol. The van der Waals surface area contributed by atoms with Crippen molar-refractivity contribution in [1.82, 2.24) is 10.6 Å². The molecule has 3 rings (SSSR count). The molecule has 0 saturated carbocycles. The lowest BCUT2D eigenvalue weighted by Crippen LogP contribution is -2.52. The van der Waals surface area contributed by atoms with Crippen molar-refractivity contribution in [2.45, 2.75) is 50.7 Å². The van der Waals surface area contributed by atoms with Gasteiger partial charge in [-0.15, -0.1) is 0 Å². The van der Waals surface area contributed by atoms with E-state index in [9.17, 15) is 4.79 Å². The zero-order chi connectivity index (χ0) is 19.8. The maximum absolute atomic E-state index is 12.3. The minimum Gasteiger partial charge on any atom is -0.396 e. The molecule has 0 spiro atoms. The Morgan fingerprint density at radius 3 is 2.29 bits per heavy atom. The zero-order valence-corrected chi connectivity index (χ0v) is 16.4. The number of aliphatic hydroxyl groups is 1. The smallest absolute Gasteiger partial charge is 0.238 e. The maximum atomic E-state index is 12.3. The van der Waals surface area contributed by atoms with Crippen LogP contribution in [0.4, 0.5) is 0 Å². The van der Waals surface area contributed by atoms with Gasteiger partial charge < -0.3 is 21.5 Å². The fraction of sp³-hybridized carbons (Fsp3) is 0.435. The number of aliphatic hydroxyl groups excluding tert-OH is 1. The molecule has 1 aliphatic rings. The van der Waals surface area contributed by atoms with Crippen LogP contribution in [0.1, 0.15) is 36.8 Å². The Hall–Kier alpha value is -2.21. The van der Waals surface area contributed by atoms with Crippen LogP contribution < -0.4 is 16.4 Å². The summed E-state index contributed by atoms with van der Waals surface area (Å²) in [5.74, 6) is 0.00473. The van der Waals surface area contributed by atoms with Gasteiger partial charge in [-0.1, -0.05) is 55.0 Å². The van der Waals surface area contributed by atoms with E-state index >= 15 is 0 Å². The Morgan fingerprint density at radius 1 is 1.07 bits per heavy atom. The summed E-state index contributed by atoms with van der Waals surface area (Å²) in [5.41, 5.74) is 10.8. The largest absolute Gasteiger partial charge is 0.396 e. The van der Waals surface area contributed by atoms with Crippen LogP contribution in [0.2, 0.25) is 0 Å². The second-order valence-corrected chi connectivity index (χ2v) is 7.54. The van der Waals surface area contributed by atoms with E-state index in [0.717, 1.165) is 49.8 Å². The van der Waals surface area contributed by atoms with Crippen molar-refractivity contribution in [3.63, 3.8) is 0 Å². The highest BCUT2D eigenvalue weighted by Crippen LogP contribution is 2.21. The number of rotatable bonds is 8. The molecule has 2 aromatic rings. The van der Waals surface area contributed by atoms with Gasteiger partial charge in [0.25, 0.3) is 0 Å². The first-order chi connectivity index (χ1) is 13.7. The van der Waals surface area contributed by atoms with Crippen molar-refractivity contribution in [3.8, 4) is 11.1 Å². The Bertz CT molecular complexity index is 737. The number of nitrogens with two attached hydrogens (primary N) is 1. The molecule has 0 unspecified atom stereocenters. The number of amides is 1. The SMILES string of the molecule is N[C@H](Cc1ccc(-c2ccc(CCCO)cc2)cc1)NC(=O)[C@@H]1CCCCN1. The summed E-state index contributed by atoms with van der Waals surface area (Å²) in [6.45, 7) is 1.13. The average Bonchev–Trinajstić information content (AvgIpc) is 2.74. The molecule has 5 N–H and O–H groups in total. The van der Waals surface area contributed by atoms with E-state index in [1.165, 1.54) is 11.1 Å². The minimum atomic E-state index is -0.382. The minimum absolute atomic E-state index is 0.00473. The van der Waals surface area contributed by atoms with Crippen molar-refractivity contribution < 1.29 is 9.90 Å². The fourth-order valence-corrected chi connectivity index (χ4v) is 3.64. The van der Waals surface area contributed by atoms with E-state index in [4.69, 9.17) is 10.8 Å². The predicted molar refractivity (Wildman–Crippen MR) is 113 cm³/mol. The zero-order valence-electron chi connectivity index (χ0n) is 16.4. The molecular weight excluding hydrogens is 350 g/mol. The number of hydrogen-bond donors (Lipinski definition) is 4. The monoisotopic (exact) mass is 381 g/mol. The first-order valence-corrected chi connectivity index (χ1v) is 10.2. The van der Waals surface area contributed by atoms with E-state index < -0.39 is 0 Å². The van der Waals surface area contributed by atoms with Crippen LogP contribution >= 0.6 is 0 Å². The summed E-state index contributed by atoms with van der Waals surface area (Å²) in [6.07, 6.45) is 5.02. The third kappa shape index (κ3) is 5.89. The highest BCUT2D eigenvalue weighted by Gasteiger charge is 2.21. The van der Waals surface area contributed by atoms with E-state index in [-0.39, 0.29) is 24.7 Å². The molecule has 2 aromatic carbocycles. The molecule has 0 aliphatic carbocycles. The van der Waals surface area contributed by atoms with Gasteiger partial charge in [-0.25, -0.2) is 0 Å². The second kappa shape index (κ2) is 10.4. The maximum Gasteiger partial charge on any atom is 0.238 e. The number of carbonyl (C=O) groups excluding carboxylic acids is 1. The number of benzene rings is 2. The van der Waals surface area contributed by atoms with E-state index in [1.807, 2.05) is 0 Å². The molecule has 0 radical (unpaired) electrons. The Kier molecular flexibility index (Phi) is 7.60. The topological polar surface area (TPSA) is 87.4 Å². The van der Waals surface area contributed by atoms with Gasteiger partial charge in [0.05, 0.1) is 12.2 Å². The number of hydrogen-bond acceptors (Lipinski definition) is 4. The highest BCUT2D eigenvalue weighted by atomic mass is 16.2. The molecule has 1 heterocycles. The van der Waals surface area contributed by atoms with Gasteiger partial charge >= 0.3 is 0 Å². The molecule has 1 amide bonds. The second-order valence-electron chi connectivity index (χ2n) is 7.54. The van der Waals surface area contributed by atoms with Gasteiger partial charge in [0.15, 0.2) is 0 Å². The van der Waals surface area contributed by atoms with Gasteiger partial charge in [-0.05, 0) is 54.5 Å². The number of aryl methyl sites for hydroxylation is 1. The van der Waals surface area contributed by atoms with Crippen molar-refractivity contribution in [2.75, 3.05) is 13.2 Å². The van der Waals surface area contributed by atoms with Crippen molar-refractivity contribution in [3.05, 3.63) is 59.7 Å². The molecule has 0 aromatic heterocycles. The van der Waals surface area contributed by atoms with Gasteiger partial charge in [-0.3, -0.25) is 4.79 Å². The van der Waals surface area contributed by atoms with Crippen LogP contribution in [-0.4, -0.2) is 36.4 Å². The number of piperidine rings is 1. The summed E-state index contributed by atoms with van der Waals surface area (Å²) in [4.78, 5) is 12.3. The highest BCUT2D eigenvalue weighted by molar-refractivity contribution is 5.82. The lowest BCUT2D eigenvalue weighted by atomic mass is 10.00. The van der Waals surface area contributed by atoms with Crippen LogP contribution in [0.15, 0.2) is 48.5 Å². The summed E-state index contributed by atoms with van der Waals surface area (Å²) < 4.78 is 0. The van der Waals surface area contributed by atoms with E-state index in [1.54, 1.807) is 0 Å². The standard InChI is InChI=1S/C23H31N3O2/c24-22(26-23(28)21-5-1-2-14-25-21)16-18-8-12-20(13-9-18)19-10-6-17(7-11-19)4-3-15-27/h6-13,21-22,25,27H,1-5,14-16,24H2,(H,26,28)/t21-,22-/m0/s1. The summed E-state index contributed by atoms with van der Waals surface area (Å²) in [7, 11) is 0. The van der Waals surface area contributed by atoms with Gasteiger partial charge in [0, 0.05) is 13.0 Å². The fourth-order valence-electron chi connectivity index (χ4n) is 3.64. The lowest BCUT2D eigenvalue weighted by molar-refractivity contribution is -0.124. The Morgan fingerprint density at radius 2 is 1.71 bits per heavy atom. The lowest BCUT2D eigenvalue weighted by Gasteiger charge is -2.24. The third-order valence-corrected chi connectivity index (χ3v) is 5.27. The van der Waals surface area contributed by atoms with Crippen molar-refractivity contribution >= 4 is 5.91 Å². The first kappa shape index (κ1) is 20.5. The van der Waals surface area contributed by atoms with E-state index in [2.05, 4.69) is 59.2 Å². The molecular formula is C23H31N3O2. The van der Waals surface area contributed by atoms with Crippen molar-refractivity contribution in [2.24, 2.45) is 5.73 Å². The normalized spacial score (nSPS) is 17.9. The Balaban J connectivity index is 1.52. The molecule has 1 fully saturated rings. The van der Waals surface area contributed by atoms with Crippen LogP contribution in [0.3, 0.4) is 0 Å². The number of nitrogens with one attached hydrogen (secondary N) is 2. The van der Waals surface area contributed by atoms with Gasteiger partial charge in [0.2, 0.25) is 5.91 Å². The third-order valence-electron chi connectivity index (χ3n) is 5.27. The van der Waals surface area contributed by atoms with Gasteiger partial charge in [-0.2, -0.15) is 0 Å². The number of carbonyl (C=O) groups is 1. The van der Waals surface area contributed by atoms with Crippen LogP contribution in [0, 0.1) is 0 Å².